The number of nitrogens with one attached hydrogen (secondary N) is 1. The maximum atomic E-state index is 12.1. The third-order valence-electron chi connectivity index (χ3n) is 2.87. The van der Waals surface area contributed by atoms with E-state index in [0.717, 1.165) is 0 Å². The van der Waals surface area contributed by atoms with E-state index in [9.17, 15) is 9.59 Å². The number of thiophene rings is 2. The third kappa shape index (κ3) is 2.37. The Morgan fingerprint density at radius 3 is 3.00 bits per heavy atom. The van der Waals surface area contributed by atoms with Crippen LogP contribution in [0.25, 0.3) is 10.2 Å². The fraction of sp³-hybridized carbons (Fsp3) is 0.154. The first-order valence-electron chi connectivity index (χ1n) is 5.89. The summed E-state index contributed by atoms with van der Waals surface area (Å²) in [4.78, 5) is 32.6. The minimum atomic E-state index is -0.156. The Hall–Kier alpha value is -1.99. The Morgan fingerprint density at radius 1 is 1.40 bits per heavy atom. The van der Waals surface area contributed by atoms with Crippen LogP contribution in [-0.4, -0.2) is 27.8 Å². The summed E-state index contributed by atoms with van der Waals surface area (Å²) in [7, 11) is 1.69. The van der Waals surface area contributed by atoms with Crippen molar-refractivity contribution in [1.82, 2.24) is 14.9 Å². The molecule has 5 nitrogen and oxygen atoms in total. The van der Waals surface area contributed by atoms with E-state index in [2.05, 4.69) is 9.97 Å². The lowest BCUT2D eigenvalue weighted by molar-refractivity contribution is 0.0782. The molecule has 0 aliphatic rings. The van der Waals surface area contributed by atoms with Crippen molar-refractivity contribution in [2.24, 2.45) is 0 Å². The van der Waals surface area contributed by atoms with Crippen molar-refractivity contribution in [3.05, 3.63) is 50.0 Å². The largest absolute Gasteiger partial charge is 0.334 e. The first-order chi connectivity index (χ1) is 9.65. The summed E-state index contributed by atoms with van der Waals surface area (Å²) in [6.07, 6.45) is 0. The number of amides is 1. The molecule has 0 aliphatic carbocycles. The van der Waals surface area contributed by atoms with Crippen LogP contribution < -0.4 is 5.56 Å². The van der Waals surface area contributed by atoms with E-state index in [1.165, 1.54) is 22.7 Å². The molecule has 3 rings (SSSR count). The average Bonchev–Trinajstić information content (AvgIpc) is 3.08. The van der Waals surface area contributed by atoms with Crippen LogP contribution in [0, 0.1) is 0 Å². The summed E-state index contributed by atoms with van der Waals surface area (Å²) in [5.74, 6) is 0.409. The molecule has 0 fully saturated rings. The Labute approximate surface area is 122 Å². The molecule has 0 aliphatic heterocycles. The van der Waals surface area contributed by atoms with Crippen LogP contribution in [-0.2, 0) is 6.54 Å². The summed E-state index contributed by atoms with van der Waals surface area (Å²) in [6, 6.07) is 3.58. The Bertz CT molecular complexity index is 805. The molecular weight excluding hydrogens is 294 g/mol. The van der Waals surface area contributed by atoms with Gasteiger partial charge in [0, 0.05) is 12.4 Å². The van der Waals surface area contributed by atoms with E-state index < -0.39 is 0 Å². The van der Waals surface area contributed by atoms with Gasteiger partial charge >= 0.3 is 0 Å². The molecule has 0 saturated heterocycles. The van der Waals surface area contributed by atoms with Gasteiger partial charge in [0.2, 0.25) is 0 Å². The van der Waals surface area contributed by atoms with Crippen LogP contribution in [0.4, 0.5) is 0 Å². The van der Waals surface area contributed by atoms with Gasteiger partial charge < -0.3 is 9.88 Å². The molecule has 0 saturated carbocycles. The number of nitrogens with zero attached hydrogens (tertiary/aromatic N) is 2. The maximum absolute atomic E-state index is 12.1. The van der Waals surface area contributed by atoms with Crippen LogP contribution in [0.5, 0.6) is 0 Å². The molecule has 3 aromatic rings. The van der Waals surface area contributed by atoms with Gasteiger partial charge in [0.25, 0.3) is 11.5 Å². The fourth-order valence-corrected chi connectivity index (χ4v) is 3.25. The molecule has 1 amide bonds. The molecule has 1 N–H and O–H groups in total. The van der Waals surface area contributed by atoms with Crippen molar-refractivity contribution >= 4 is 38.8 Å². The highest BCUT2D eigenvalue weighted by Gasteiger charge is 2.14. The summed E-state index contributed by atoms with van der Waals surface area (Å²) in [6.45, 7) is 0.274. The molecular formula is C13H11N3O2S2. The Balaban J connectivity index is 1.85. The molecule has 102 valence electrons. The van der Waals surface area contributed by atoms with Crippen LogP contribution in [0.2, 0.25) is 0 Å². The summed E-state index contributed by atoms with van der Waals surface area (Å²) in [5.41, 5.74) is 1.16. The number of aromatic nitrogens is 2. The van der Waals surface area contributed by atoms with Gasteiger partial charge in [-0.25, -0.2) is 4.98 Å². The number of H-pyrrole nitrogens is 1. The lowest BCUT2D eigenvalue weighted by atomic mass is 10.3. The van der Waals surface area contributed by atoms with Crippen molar-refractivity contribution in [2.75, 3.05) is 7.05 Å². The molecule has 0 unspecified atom stereocenters. The minimum absolute atomic E-state index is 0.0840. The highest BCUT2D eigenvalue weighted by molar-refractivity contribution is 7.17. The molecule has 0 aromatic carbocycles. The lowest BCUT2D eigenvalue weighted by Crippen LogP contribution is -2.27. The van der Waals surface area contributed by atoms with Crippen molar-refractivity contribution in [1.29, 1.82) is 0 Å². The smallest absolute Gasteiger partial charge is 0.268 e. The number of hydrogen-bond donors (Lipinski definition) is 1. The zero-order valence-electron chi connectivity index (χ0n) is 10.6. The lowest BCUT2D eigenvalue weighted by Gasteiger charge is -2.15. The van der Waals surface area contributed by atoms with Crippen molar-refractivity contribution in [2.45, 2.75) is 6.54 Å². The predicted molar refractivity (Wildman–Crippen MR) is 80.4 cm³/mol. The molecule has 3 aromatic heterocycles. The minimum Gasteiger partial charge on any atom is -0.334 e. The van der Waals surface area contributed by atoms with Gasteiger partial charge in [0.05, 0.1) is 17.6 Å². The predicted octanol–water partition coefficient (Wildman–Crippen LogP) is 2.32. The number of rotatable bonds is 3. The second kappa shape index (κ2) is 5.18. The zero-order chi connectivity index (χ0) is 14.1. The molecule has 20 heavy (non-hydrogen) atoms. The summed E-state index contributed by atoms with van der Waals surface area (Å²) >= 11 is 2.84. The van der Waals surface area contributed by atoms with Gasteiger partial charge in [0.15, 0.2) is 0 Å². The zero-order valence-corrected chi connectivity index (χ0v) is 12.3. The third-order valence-corrected chi connectivity index (χ3v) is 4.45. The van der Waals surface area contributed by atoms with Crippen molar-refractivity contribution in [3.63, 3.8) is 0 Å². The Kier molecular flexibility index (Phi) is 3.37. The Morgan fingerprint density at radius 2 is 2.25 bits per heavy atom. The van der Waals surface area contributed by atoms with E-state index in [-0.39, 0.29) is 18.0 Å². The van der Waals surface area contributed by atoms with Gasteiger partial charge in [0.1, 0.15) is 10.5 Å². The maximum Gasteiger partial charge on any atom is 0.268 e. The van der Waals surface area contributed by atoms with E-state index in [1.807, 2.05) is 10.8 Å². The fourth-order valence-electron chi connectivity index (χ4n) is 1.90. The molecule has 0 radical (unpaired) electrons. The highest BCUT2D eigenvalue weighted by Crippen LogP contribution is 2.15. The quantitative estimate of drug-likeness (QED) is 0.807. The van der Waals surface area contributed by atoms with Crippen LogP contribution in [0.1, 0.15) is 16.2 Å². The second-order valence-electron chi connectivity index (χ2n) is 4.32. The normalized spacial score (nSPS) is 10.8. The van der Waals surface area contributed by atoms with Crippen molar-refractivity contribution in [3.8, 4) is 0 Å². The van der Waals surface area contributed by atoms with Crippen molar-refractivity contribution < 1.29 is 4.79 Å². The molecule has 3 heterocycles. The summed E-state index contributed by atoms with van der Waals surface area (Å²) < 4.78 is 0.612. The van der Waals surface area contributed by atoms with E-state index in [1.54, 1.807) is 29.5 Å². The monoisotopic (exact) mass is 305 g/mol. The SMILES string of the molecule is CN(Cc1nc2ccsc2c(=O)[nH]1)C(=O)c1ccsc1. The van der Waals surface area contributed by atoms with Gasteiger partial charge in [-0.1, -0.05) is 0 Å². The van der Waals surface area contributed by atoms with E-state index >= 15 is 0 Å². The summed E-state index contributed by atoms with van der Waals surface area (Å²) in [5, 5.41) is 5.49. The molecule has 0 bridgehead atoms. The van der Waals surface area contributed by atoms with Gasteiger partial charge in [-0.15, -0.1) is 11.3 Å². The van der Waals surface area contributed by atoms with E-state index in [4.69, 9.17) is 0 Å². The number of hydrogen-bond acceptors (Lipinski definition) is 5. The number of aromatic amines is 1. The number of carbonyl (C=O) groups excluding carboxylic acids is 1. The standard InChI is InChI=1S/C13H11N3O2S2/c1-16(13(18)8-2-4-19-7-8)6-10-14-9-3-5-20-11(9)12(17)15-10/h2-5,7H,6H2,1H3,(H,14,15,17). The number of carbonyl (C=O) groups is 1. The van der Waals surface area contributed by atoms with Gasteiger partial charge in [-0.3, -0.25) is 9.59 Å². The van der Waals surface area contributed by atoms with Crippen LogP contribution in [0.15, 0.2) is 33.1 Å². The molecule has 0 spiro atoms. The second-order valence-corrected chi connectivity index (χ2v) is 6.02. The molecule has 0 atom stereocenters. The topological polar surface area (TPSA) is 66.1 Å². The van der Waals surface area contributed by atoms with Crippen LogP contribution >= 0.6 is 22.7 Å². The van der Waals surface area contributed by atoms with Gasteiger partial charge in [-0.05, 0) is 22.9 Å². The van der Waals surface area contributed by atoms with E-state index in [0.29, 0.717) is 21.6 Å². The highest BCUT2D eigenvalue weighted by atomic mass is 32.1. The average molecular weight is 305 g/mol. The van der Waals surface area contributed by atoms with Crippen LogP contribution in [0.3, 0.4) is 0 Å². The van der Waals surface area contributed by atoms with Gasteiger partial charge in [-0.2, -0.15) is 11.3 Å². The first kappa shape index (κ1) is 13.0. The first-order valence-corrected chi connectivity index (χ1v) is 7.71. The number of fused-ring (bicyclic) bond motifs is 1. The molecule has 7 heteroatoms.